The summed E-state index contributed by atoms with van der Waals surface area (Å²) in [6, 6.07) is 26.7. The highest BCUT2D eigenvalue weighted by Crippen LogP contribution is 2.34. The molecule has 0 bridgehead atoms. The molecule has 0 radical (unpaired) electrons. The van der Waals surface area contributed by atoms with Crippen LogP contribution in [0.25, 0.3) is 0 Å². The Balaban J connectivity index is 1.67. The van der Waals surface area contributed by atoms with E-state index in [0.717, 1.165) is 20.2 Å². The standard InChI is InChI=1S/C28H25N3O6S2/c1-20-12-17-24(18-26(20)31(33)34)39(35,36)30(21-13-15-22(37-2)16-14-21)19-28(32)29-25-10-6-7-11-27(25)38-23-8-4-3-5-9-23/h3-18H,19H2,1-2H3,(H,29,32). The lowest BCUT2D eigenvalue weighted by molar-refractivity contribution is -0.385. The van der Waals surface area contributed by atoms with Gasteiger partial charge >= 0.3 is 0 Å². The van der Waals surface area contributed by atoms with Gasteiger partial charge in [-0.2, -0.15) is 0 Å². The number of para-hydroxylation sites is 1. The number of nitro benzene ring substituents is 1. The summed E-state index contributed by atoms with van der Waals surface area (Å²) in [7, 11) is -2.89. The van der Waals surface area contributed by atoms with Crippen molar-refractivity contribution in [2.75, 3.05) is 23.3 Å². The number of nitro groups is 1. The van der Waals surface area contributed by atoms with Gasteiger partial charge in [-0.1, -0.05) is 48.2 Å². The van der Waals surface area contributed by atoms with E-state index in [1.165, 1.54) is 50.1 Å². The number of amides is 1. The predicted molar refractivity (Wildman–Crippen MR) is 151 cm³/mol. The minimum atomic E-state index is -4.37. The molecule has 4 aromatic rings. The number of nitrogens with zero attached hydrogens (tertiary/aromatic N) is 2. The molecule has 0 spiro atoms. The predicted octanol–water partition coefficient (Wildman–Crippen LogP) is 5.90. The monoisotopic (exact) mass is 563 g/mol. The number of rotatable bonds is 10. The smallest absolute Gasteiger partial charge is 0.273 e. The molecule has 0 fully saturated rings. The molecule has 0 unspecified atom stereocenters. The van der Waals surface area contributed by atoms with Crippen molar-refractivity contribution in [3.63, 3.8) is 0 Å². The zero-order chi connectivity index (χ0) is 28.0. The molecule has 0 heterocycles. The fourth-order valence-corrected chi connectivity index (χ4v) is 6.10. The molecule has 0 atom stereocenters. The van der Waals surface area contributed by atoms with E-state index in [1.807, 2.05) is 42.5 Å². The molecule has 0 aliphatic heterocycles. The van der Waals surface area contributed by atoms with Gasteiger partial charge in [0.2, 0.25) is 5.91 Å². The van der Waals surface area contributed by atoms with E-state index >= 15 is 0 Å². The molecule has 4 rings (SSSR count). The second-order valence-electron chi connectivity index (χ2n) is 8.37. The maximum absolute atomic E-state index is 13.8. The van der Waals surface area contributed by atoms with Gasteiger partial charge in [-0.3, -0.25) is 19.2 Å². The van der Waals surface area contributed by atoms with E-state index in [0.29, 0.717) is 17.0 Å². The van der Waals surface area contributed by atoms with Crippen molar-refractivity contribution < 1.29 is 22.9 Å². The Labute approximate surface area is 230 Å². The number of nitrogens with one attached hydrogen (secondary N) is 1. The molecule has 1 N–H and O–H groups in total. The van der Waals surface area contributed by atoms with Crippen LogP contribution in [-0.2, 0) is 14.8 Å². The van der Waals surface area contributed by atoms with Gasteiger partial charge in [0.1, 0.15) is 12.3 Å². The first-order valence-corrected chi connectivity index (χ1v) is 14.0. The largest absolute Gasteiger partial charge is 0.497 e. The van der Waals surface area contributed by atoms with Crippen LogP contribution in [0.2, 0.25) is 0 Å². The molecule has 39 heavy (non-hydrogen) atoms. The van der Waals surface area contributed by atoms with Crippen molar-refractivity contribution in [2.24, 2.45) is 0 Å². The second-order valence-corrected chi connectivity index (χ2v) is 11.4. The second kappa shape index (κ2) is 12.0. The molecule has 11 heteroatoms. The Morgan fingerprint density at radius 1 is 0.974 bits per heavy atom. The summed E-state index contributed by atoms with van der Waals surface area (Å²) >= 11 is 1.46. The van der Waals surface area contributed by atoms with E-state index in [1.54, 1.807) is 24.3 Å². The van der Waals surface area contributed by atoms with Gasteiger partial charge in [-0.25, -0.2) is 8.42 Å². The van der Waals surface area contributed by atoms with Crippen LogP contribution in [0.3, 0.4) is 0 Å². The molecule has 0 aliphatic carbocycles. The van der Waals surface area contributed by atoms with Gasteiger partial charge < -0.3 is 10.1 Å². The summed E-state index contributed by atoms with van der Waals surface area (Å²) in [4.78, 5) is 25.6. The minimum absolute atomic E-state index is 0.195. The Hall–Kier alpha value is -4.35. The van der Waals surface area contributed by atoms with Gasteiger partial charge in [0.25, 0.3) is 15.7 Å². The van der Waals surface area contributed by atoms with Crippen molar-refractivity contribution in [3.8, 4) is 5.75 Å². The summed E-state index contributed by atoms with van der Waals surface area (Å²) in [6.45, 7) is 0.953. The van der Waals surface area contributed by atoms with Gasteiger partial charge in [-0.15, -0.1) is 0 Å². The van der Waals surface area contributed by atoms with Crippen LogP contribution in [0, 0.1) is 17.0 Å². The number of hydrogen-bond donors (Lipinski definition) is 1. The maximum atomic E-state index is 13.8. The average molecular weight is 564 g/mol. The topological polar surface area (TPSA) is 119 Å². The molecular formula is C28H25N3O6S2. The van der Waals surface area contributed by atoms with Gasteiger partial charge in [0, 0.05) is 21.4 Å². The molecule has 0 aromatic heterocycles. The maximum Gasteiger partial charge on any atom is 0.273 e. The van der Waals surface area contributed by atoms with Crippen LogP contribution in [-0.4, -0.2) is 32.9 Å². The first-order chi connectivity index (χ1) is 18.7. The molecule has 1 amide bonds. The summed E-state index contributed by atoms with van der Waals surface area (Å²) < 4.78 is 33.6. The van der Waals surface area contributed by atoms with Crippen molar-refractivity contribution >= 4 is 44.8 Å². The van der Waals surface area contributed by atoms with Gasteiger partial charge in [0.15, 0.2) is 0 Å². The Kier molecular flexibility index (Phi) is 8.52. The summed E-state index contributed by atoms with van der Waals surface area (Å²) in [5.74, 6) is -0.0875. The Morgan fingerprint density at radius 2 is 1.64 bits per heavy atom. The van der Waals surface area contributed by atoms with Crippen molar-refractivity contribution in [2.45, 2.75) is 21.6 Å². The minimum Gasteiger partial charge on any atom is -0.497 e. The Morgan fingerprint density at radius 3 is 2.31 bits per heavy atom. The van der Waals surface area contributed by atoms with E-state index < -0.39 is 27.4 Å². The summed E-state index contributed by atoms with van der Waals surface area (Å²) in [6.07, 6.45) is 0. The summed E-state index contributed by atoms with van der Waals surface area (Å²) in [5.41, 5.74) is 0.706. The number of carbonyl (C=O) groups is 1. The van der Waals surface area contributed by atoms with Crippen LogP contribution >= 0.6 is 11.8 Å². The summed E-state index contributed by atoms with van der Waals surface area (Å²) in [5, 5.41) is 14.3. The van der Waals surface area contributed by atoms with Crippen LogP contribution in [0.5, 0.6) is 5.75 Å². The molecule has 0 saturated heterocycles. The number of carbonyl (C=O) groups excluding carboxylic acids is 1. The Bertz CT molecular complexity index is 1590. The fourth-order valence-electron chi connectivity index (χ4n) is 3.73. The SMILES string of the molecule is COc1ccc(N(CC(=O)Nc2ccccc2Sc2ccccc2)S(=O)(=O)c2ccc(C)c([N+](=O)[O-])c2)cc1. The number of aryl methyl sites for hydroxylation is 1. The lowest BCUT2D eigenvalue weighted by Gasteiger charge is -2.24. The third-order valence-corrected chi connectivity index (χ3v) is 8.60. The average Bonchev–Trinajstić information content (AvgIpc) is 2.93. The van der Waals surface area contributed by atoms with Crippen LogP contribution in [0.4, 0.5) is 17.1 Å². The molecule has 9 nitrogen and oxygen atoms in total. The first-order valence-electron chi connectivity index (χ1n) is 11.7. The number of methoxy groups -OCH3 is 1. The molecule has 200 valence electrons. The first kappa shape index (κ1) is 27.7. The fraction of sp³-hybridized carbons (Fsp3) is 0.107. The number of hydrogen-bond acceptors (Lipinski definition) is 7. The highest BCUT2D eigenvalue weighted by Gasteiger charge is 2.29. The van der Waals surface area contributed by atoms with Crippen LogP contribution in [0.15, 0.2) is 112 Å². The van der Waals surface area contributed by atoms with Crippen molar-refractivity contribution in [3.05, 3.63) is 113 Å². The third kappa shape index (κ3) is 6.57. The molecular weight excluding hydrogens is 538 g/mol. The molecule has 4 aromatic carbocycles. The highest BCUT2D eigenvalue weighted by molar-refractivity contribution is 7.99. The lowest BCUT2D eigenvalue weighted by Crippen LogP contribution is -2.38. The third-order valence-electron chi connectivity index (χ3n) is 5.75. The van der Waals surface area contributed by atoms with Gasteiger partial charge in [0.05, 0.1) is 28.3 Å². The van der Waals surface area contributed by atoms with Crippen molar-refractivity contribution in [1.82, 2.24) is 0 Å². The zero-order valence-corrected chi connectivity index (χ0v) is 22.7. The quantitative estimate of drug-likeness (QED) is 0.189. The highest BCUT2D eigenvalue weighted by atomic mass is 32.2. The van der Waals surface area contributed by atoms with Crippen molar-refractivity contribution in [1.29, 1.82) is 0 Å². The lowest BCUT2D eigenvalue weighted by atomic mass is 10.2. The van der Waals surface area contributed by atoms with Crippen LogP contribution < -0.4 is 14.4 Å². The number of ether oxygens (including phenoxy) is 1. The van der Waals surface area contributed by atoms with Crippen LogP contribution in [0.1, 0.15) is 5.56 Å². The van der Waals surface area contributed by atoms with E-state index in [4.69, 9.17) is 4.74 Å². The number of benzene rings is 4. The zero-order valence-electron chi connectivity index (χ0n) is 21.1. The van der Waals surface area contributed by atoms with E-state index in [9.17, 15) is 23.3 Å². The normalized spacial score (nSPS) is 11.0. The van der Waals surface area contributed by atoms with E-state index in [-0.39, 0.29) is 16.3 Å². The molecule has 0 saturated carbocycles. The van der Waals surface area contributed by atoms with E-state index in [2.05, 4.69) is 5.32 Å². The van der Waals surface area contributed by atoms with Gasteiger partial charge in [-0.05, 0) is 61.5 Å². The molecule has 0 aliphatic rings. The number of anilines is 2. The number of sulfonamides is 1.